The molecule has 1 N–H and O–H groups in total. The zero-order valence-corrected chi connectivity index (χ0v) is 9.38. The maximum absolute atomic E-state index is 13.2. The number of nitrogens with zero attached hydrogens (tertiary/aromatic N) is 3. The highest BCUT2D eigenvalue weighted by Gasteiger charge is 2.28. The second-order valence-electron chi connectivity index (χ2n) is 4.21. The number of aryl methyl sites for hydroxylation is 1. The summed E-state index contributed by atoms with van der Waals surface area (Å²) in [6.45, 7) is 0. The molecule has 0 bridgehead atoms. The van der Waals surface area contributed by atoms with Gasteiger partial charge in [-0.1, -0.05) is 12.1 Å². The molecule has 1 aromatic heterocycles. The van der Waals surface area contributed by atoms with Crippen LogP contribution in [-0.2, 0) is 6.42 Å². The van der Waals surface area contributed by atoms with Gasteiger partial charge in [0.05, 0.1) is 6.04 Å². The van der Waals surface area contributed by atoms with Crippen LogP contribution in [0.15, 0.2) is 24.3 Å². The minimum atomic E-state index is -1.14. The van der Waals surface area contributed by atoms with Crippen molar-refractivity contribution in [3.63, 3.8) is 0 Å². The molecule has 1 aliphatic rings. The lowest BCUT2D eigenvalue weighted by molar-refractivity contribution is 0.0683. The summed E-state index contributed by atoms with van der Waals surface area (Å²) in [5, 5.41) is 12.8. The monoisotopic (exact) mass is 247 g/mol. The van der Waals surface area contributed by atoms with Crippen molar-refractivity contribution in [1.82, 2.24) is 14.8 Å². The summed E-state index contributed by atoms with van der Waals surface area (Å²) in [6.07, 6.45) is 1.42. The Bertz CT molecular complexity index is 624. The van der Waals surface area contributed by atoms with Crippen LogP contribution < -0.4 is 0 Å². The minimum absolute atomic E-state index is 0.128. The molecule has 1 aromatic carbocycles. The van der Waals surface area contributed by atoms with Crippen LogP contribution in [0.2, 0.25) is 0 Å². The molecule has 3 rings (SSSR count). The molecular weight excluding hydrogens is 237 g/mol. The number of carbonyl (C=O) groups is 1. The average molecular weight is 247 g/mol. The van der Waals surface area contributed by atoms with Gasteiger partial charge in [0.15, 0.2) is 0 Å². The van der Waals surface area contributed by atoms with Crippen molar-refractivity contribution in [2.24, 2.45) is 0 Å². The normalized spacial score (nSPS) is 17.7. The molecule has 92 valence electrons. The van der Waals surface area contributed by atoms with Gasteiger partial charge in [0.2, 0.25) is 0 Å². The Morgan fingerprint density at radius 2 is 2.33 bits per heavy atom. The number of benzene rings is 1. The lowest BCUT2D eigenvalue weighted by Crippen LogP contribution is -2.09. The maximum Gasteiger partial charge on any atom is 0.375 e. The molecule has 2 heterocycles. The number of fused-ring (bicyclic) bond motifs is 1. The second kappa shape index (κ2) is 3.90. The van der Waals surface area contributed by atoms with Crippen molar-refractivity contribution in [2.75, 3.05) is 0 Å². The van der Waals surface area contributed by atoms with E-state index in [4.69, 9.17) is 5.11 Å². The van der Waals surface area contributed by atoms with Crippen LogP contribution >= 0.6 is 0 Å². The molecular formula is C12H10FN3O2. The van der Waals surface area contributed by atoms with E-state index in [1.165, 1.54) is 12.1 Å². The number of rotatable bonds is 2. The second-order valence-corrected chi connectivity index (χ2v) is 4.21. The fourth-order valence-corrected chi connectivity index (χ4v) is 2.28. The first-order valence-electron chi connectivity index (χ1n) is 5.59. The van der Waals surface area contributed by atoms with E-state index in [9.17, 15) is 9.18 Å². The quantitative estimate of drug-likeness (QED) is 0.876. The van der Waals surface area contributed by atoms with E-state index >= 15 is 0 Å². The summed E-state index contributed by atoms with van der Waals surface area (Å²) in [4.78, 5) is 14.8. The smallest absolute Gasteiger partial charge is 0.375 e. The highest BCUT2D eigenvalue weighted by molar-refractivity contribution is 5.82. The van der Waals surface area contributed by atoms with Crippen molar-refractivity contribution in [3.05, 3.63) is 47.3 Å². The highest BCUT2D eigenvalue weighted by Crippen LogP contribution is 2.30. The first-order valence-corrected chi connectivity index (χ1v) is 5.59. The third-order valence-corrected chi connectivity index (χ3v) is 3.06. The van der Waals surface area contributed by atoms with Gasteiger partial charge in [-0.25, -0.2) is 18.9 Å². The molecule has 6 heteroatoms. The van der Waals surface area contributed by atoms with Crippen LogP contribution in [0.4, 0.5) is 4.39 Å². The lowest BCUT2D eigenvalue weighted by atomic mass is 10.1. The van der Waals surface area contributed by atoms with Crippen LogP contribution in [0.1, 0.15) is 34.5 Å². The maximum atomic E-state index is 13.2. The molecule has 0 amide bonds. The Labute approximate surface area is 102 Å². The molecule has 0 radical (unpaired) electrons. The summed E-state index contributed by atoms with van der Waals surface area (Å²) in [7, 11) is 0. The molecule has 18 heavy (non-hydrogen) atoms. The van der Waals surface area contributed by atoms with Crippen LogP contribution in [0.25, 0.3) is 0 Å². The van der Waals surface area contributed by atoms with Gasteiger partial charge in [0.25, 0.3) is 5.82 Å². The van der Waals surface area contributed by atoms with E-state index in [0.717, 1.165) is 12.0 Å². The van der Waals surface area contributed by atoms with E-state index < -0.39 is 5.97 Å². The SMILES string of the molecule is O=C(O)c1nc2n(n1)C(c1cccc(F)c1)CC2. The lowest BCUT2D eigenvalue weighted by Gasteiger charge is -2.11. The molecule has 0 saturated heterocycles. The number of carboxylic acids is 1. The van der Waals surface area contributed by atoms with Crippen LogP contribution in [0.5, 0.6) is 0 Å². The summed E-state index contributed by atoms with van der Waals surface area (Å²) >= 11 is 0. The van der Waals surface area contributed by atoms with Crippen LogP contribution in [0, 0.1) is 5.82 Å². The Kier molecular flexibility index (Phi) is 2.36. The van der Waals surface area contributed by atoms with Gasteiger partial charge in [-0.05, 0) is 24.1 Å². The Balaban J connectivity index is 2.01. The van der Waals surface area contributed by atoms with Gasteiger partial charge in [-0.2, -0.15) is 0 Å². The molecule has 1 aliphatic heterocycles. The van der Waals surface area contributed by atoms with Gasteiger partial charge < -0.3 is 5.11 Å². The van der Waals surface area contributed by atoms with Gasteiger partial charge in [-0.3, -0.25) is 0 Å². The third kappa shape index (κ3) is 1.66. The Morgan fingerprint density at radius 1 is 1.50 bits per heavy atom. The zero-order valence-electron chi connectivity index (χ0n) is 9.38. The van der Waals surface area contributed by atoms with Crippen LogP contribution in [0.3, 0.4) is 0 Å². The molecule has 0 saturated carbocycles. The number of halogens is 1. The standard InChI is InChI=1S/C12H10FN3O2/c13-8-3-1-2-7(6-8)9-4-5-10-14-11(12(17)18)15-16(9)10/h1-3,6,9H,4-5H2,(H,17,18). The fraction of sp³-hybridized carbons (Fsp3) is 0.250. The third-order valence-electron chi connectivity index (χ3n) is 3.06. The fourth-order valence-electron chi connectivity index (χ4n) is 2.28. The molecule has 0 aliphatic carbocycles. The van der Waals surface area contributed by atoms with Crippen molar-refractivity contribution < 1.29 is 14.3 Å². The van der Waals surface area contributed by atoms with Gasteiger partial charge in [-0.15, -0.1) is 5.10 Å². The van der Waals surface area contributed by atoms with Gasteiger partial charge in [0.1, 0.15) is 11.6 Å². The number of carboxylic acid groups (broad SMARTS) is 1. The predicted octanol–water partition coefficient (Wildman–Crippen LogP) is 1.65. The van der Waals surface area contributed by atoms with Crippen molar-refractivity contribution in [2.45, 2.75) is 18.9 Å². The Hall–Kier alpha value is -2.24. The number of aromatic nitrogens is 3. The largest absolute Gasteiger partial charge is 0.475 e. The zero-order chi connectivity index (χ0) is 12.7. The highest BCUT2D eigenvalue weighted by atomic mass is 19.1. The van der Waals surface area contributed by atoms with E-state index in [1.807, 2.05) is 6.07 Å². The minimum Gasteiger partial charge on any atom is -0.475 e. The van der Waals surface area contributed by atoms with Crippen molar-refractivity contribution in [1.29, 1.82) is 0 Å². The predicted molar refractivity (Wildman–Crippen MR) is 59.8 cm³/mol. The number of aromatic carboxylic acids is 1. The molecule has 5 nitrogen and oxygen atoms in total. The molecule has 2 aromatic rings. The molecule has 0 spiro atoms. The van der Waals surface area contributed by atoms with Crippen molar-refractivity contribution >= 4 is 5.97 Å². The van der Waals surface area contributed by atoms with Crippen LogP contribution in [-0.4, -0.2) is 25.8 Å². The summed E-state index contributed by atoms with van der Waals surface area (Å²) < 4.78 is 14.8. The summed E-state index contributed by atoms with van der Waals surface area (Å²) in [6, 6.07) is 6.14. The first-order chi connectivity index (χ1) is 8.65. The van der Waals surface area contributed by atoms with E-state index in [2.05, 4.69) is 10.1 Å². The molecule has 0 fully saturated rings. The number of hydrogen-bond acceptors (Lipinski definition) is 3. The molecule has 1 atom stereocenters. The van der Waals surface area contributed by atoms with E-state index in [0.29, 0.717) is 12.2 Å². The summed E-state index contributed by atoms with van der Waals surface area (Å²) in [5.41, 5.74) is 0.788. The first kappa shape index (κ1) is 10.9. The average Bonchev–Trinajstić information content (AvgIpc) is 2.87. The van der Waals surface area contributed by atoms with Crippen molar-refractivity contribution in [3.8, 4) is 0 Å². The summed E-state index contributed by atoms with van der Waals surface area (Å²) in [5.74, 6) is -1.01. The van der Waals surface area contributed by atoms with E-state index in [-0.39, 0.29) is 17.7 Å². The topological polar surface area (TPSA) is 68.0 Å². The Morgan fingerprint density at radius 3 is 3.06 bits per heavy atom. The van der Waals surface area contributed by atoms with Gasteiger partial charge in [0, 0.05) is 6.42 Å². The van der Waals surface area contributed by atoms with E-state index in [1.54, 1.807) is 10.7 Å². The van der Waals surface area contributed by atoms with Gasteiger partial charge >= 0.3 is 5.97 Å². The molecule has 1 unspecified atom stereocenters. The number of hydrogen-bond donors (Lipinski definition) is 1.